The molecule has 2 amide bonds. The predicted octanol–water partition coefficient (Wildman–Crippen LogP) is 4.76. The molecule has 32 heavy (non-hydrogen) atoms. The molecule has 1 atom stereocenters. The third kappa shape index (κ3) is 4.84. The summed E-state index contributed by atoms with van der Waals surface area (Å²) in [6, 6.07) is 24.0. The second kappa shape index (κ2) is 9.44. The Balaban J connectivity index is 1.52. The molecule has 0 aromatic heterocycles. The van der Waals surface area contributed by atoms with E-state index in [1.54, 1.807) is 0 Å². The van der Waals surface area contributed by atoms with Crippen molar-refractivity contribution >= 4 is 51.5 Å². The number of nitro benzene ring substituents is 1. The van der Waals surface area contributed by atoms with Gasteiger partial charge < -0.3 is 5.32 Å². The van der Waals surface area contributed by atoms with Gasteiger partial charge in [0.05, 0.1) is 16.3 Å². The first-order valence-electron chi connectivity index (χ1n) is 9.75. The molecule has 3 aromatic carbocycles. The van der Waals surface area contributed by atoms with Gasteiger partial charge in [-0.2, -0.15) is 0 Å². The average molecular weight is 446 g/mol. The lowest BCUT2D eigenvalue weighted by Crippen LogP contribution is -2.33. The number of para-hydroxylation sites is 2. The van der Waals surface area contributed by atoms with Crippen LogP contribution in [0.25, 0.3) is 0 Å². The zero-order chi connectivity index (χ0) is 22.5. The van der Waals surface area contributed by atoms with E-state index in [0.717, 1.165) is 0 Å². The van der Waals surface area contributed by atoms with E-state index in [1.165, 1.54) is 40.9 Å². The summed E-state index contributed by atoms with van der Waals surface area (Å²) in [4.78, 5) is 42.2. The first-order chi connectivity index (χ1) is 15.5. The Bertz CT molecular complexity index is 1170. The smallest absolute Gasteiger partial charge is 0.269 e. The van der Waals surface area contributed by atoms with Crippen molar-refractivity contribution in [2.45, 2.75) is 11.7 Å². The summed E-state index contributed by atoms with van der Waals surface area (Å²) in [6.45, 7) is 0. The molecule has 3 aromatic rings. The summed E-state index contributed by atoms with van der Waals surface area (Å²) >= 11 is 1.24. The highest BCUT2D eigenvalue weighted by Gasteiger charge is 2.40. The van der Waals surface area contributed by atoms with Crippen molar-refractivity contribution in [3.8, 4) is 0 Å². The number of rotatable bonds is 6. The number of non-ortho nitro benzene ring substituents is 1. The molecule has 1 saturated heterocycles. The molecule has 0 unspecified atom stereocenters. The van der Waals surface area contributed by atoms with Gasteiger partial charge in [0, 0.05) is 24.2 Å². The Kier molecular flexibility index (Phi) is 6.27. The van der Waals surface area contributed by atoms with Gasteiger partial charge >= 0.3 is 0 Å². The van der Waals surface area contributed by atoms with Crippen LogP contribution in [0.4, 0.5) is 22.7 Å². The van der Waals surface area contributed by atoms with Crippen molar-refractivity contribution in [2.24, 2.45) is 4.99 Å². The molecule has 1 fully saturated rings. The topological polar surface area (TPSA) is 105 Å². The summed E-state index contributed by atoms with van der Waals surface area (Å²) in [5.74, 6) is -0.589. The fourth-order valence-electron chi connectivity index (χ4n) is 3.15. The van der Waals surface area contributed by atoms with E-state index in [0.29, 0.717) is 22.2 Å². The van der Waals surface area contributed by atoms with Gasteiger partial charge in [-0.05, 0) is 36.4 Å². The minimum atomic E-state index is -0.643. The van der Waals surface area contributed by atoms with Crippen LogP contribution in [-0.2, 0) is 9.59 Å². The van der Waals surface area contributed by atoms with Crippen LogP contribution in [0.5, 0.6) is 0 Å². The van der Waals surface area contributed by atoms with E-state index < -0.39 is 10.2 Å². The molecule has 8 nitrogen and oxygen atoms in total. The number of amidine groups is 1. The molecule has 0 spiro atoms. The zero-order valence-electron chi connectivity index (χ0n) is 16.8. The fraction of sp³-hybridized carbons (Fsp3) is 0.0870. The number of nitrogens with zero attached hydrogens (tertiary/aromatic N) is 3. The SMILES string of the molecule is O=C(C[C@@H]1SC(=Nc2ccccc2)N(c2ccccc2)C1=O)Nc1ccc([N+](=O)[O-])cc1. The highest BCUT2D eigenvalue weighted by molar-refractivity contribution is 8.16. The van der Waals surface area contributed by atoms with E-state index in [2.05, 4.69) is 10.3 Å². The summed E-state index contributed by atoms with van der Waals surface area (Å²) in [5.41, 5.74) is 1.75. The number of carbonyl (C=O) groups excluding carboxylic acids is 2. The first kappa shape index (κ1) is 21.3. The van der Waals surface area contributed by atoms with Crippen LogP contribution in [-0.4, -0.2) is 27.2 Å². The number of anilines is 2. The Morgan fingerprint density at radius 2 is 1.62 bits per heavy atom. The standard InChI is InChI=1S/C23H18N4O4S/c28-21(24-17-11-13-19(14-12-17)27(30)31)15-20-22(29)26(18-9-5-2-6-10-18)23(32-20)25-16-7-3-1-4-8-16/h1-14,20H,15H2,(H,24,28)/t20-/m0/s1. The van der Waals surface area contributed by atoms with Crippen LogP contribution in [0.15, 0.2) is 89.9 Å². The molecule has 9 heteroatoms. The van der Waals surface area contributed by atoms with Gasteiger partial charge in [0.25, 0.3) is 5.69 Å². The first-order valence-corrected chi connectivity index (χ1v) is 10.6. The molecule has 0 saturated carbocycles. The highest BCUT2D eigenvalue weighted by Crippen LogP contribution is 2.35. The molecular formula is C23H18N4O4S. The van der Waals surface area contributed by atoms with Gasteiger partial charge in [0.1, 0.15) is 5.25 Å². The van der Waals surface area contributed by atoms with Crippen molar-refractivity contribution in [3.05, 3.63) is 95.0 Å². The van der Waals surface area contributed by atoms with E-state index in [-0.39, 0.29) is 23.9 Å². The number of hydrogen-bond donors (Lipinski definition) is 1. The highest BCUT2D eigenvalue weighted by atomic mass is 32.2. The fourth-order valence-corrected chi connectivity index (χ4v) is 4.30. The van der Waals surface area contributed by atoms with Crippen LogP contribution in [0.3, 0.4) is 0 Å². The van der Waals surface area contributed by atoms with Crippen molar-refractivity contribution < 1.29 is 14.5 Å². The molecule has 1 aliphatic heterocycles. The van der Waals surface area contributed by atoms with Gasteiger partial charge in [-0.25, -0.2) is 4.99 Å². The van der Waals surface area contributed by atoms with Gasteiger partial charge in [0.2, 0.25) is 11.8 Å². The van der Waals surface area contributed by atoms with Gasteiger partial charge in [-0.3, -0.25) is 24.6 Å². The Morgan fingerprint density at radius 3 is 2.25 bits per heavy atom. The lowest BCUT2D eigenvalue weighted by atomic mass is 10.2. The third-order valence-corrected chi connectivity index (χ3v) is 5.80. The summed E-state index contributed by atoms with van der Waals surface area (Å²) in [5, 5.41) is 13.3. The predicted molar refractivity (Wildman–Crippen MR) is 125 cm³/mol. The molecule has 1 heterocycles. The third-order valence-electron chi connectivity index (χ3n) is 4.66. The maximum absolute atomic E-state index is 13.2. The average Bonchev–Trinajstić information content (AvgIpc) is 3.09. The summed E-state index contributed by atoms with van der Waals surface area (Å²) in [7, 11) is 0. The molecular weight excluding hydrogens is 428 g/mol. The molecule has 1 aliphatic rings. The van der Waals surface area contributed by atoms with Crippen LogP contribution in [0.2, 0.25) is 0 Å². The molecule has 4 rings (SSSR count). The van der Waals surface area contributed by atoms with Crippen LogP contribution >= 0.6 is 11.8 Å². The van der Waals surface area contributed by atoms with Crippen LogP contribution < -0.4 is 10.2 Å². The number of carbonyl (C=O) groups is 2. The van der Waals surface area contributed by atoms with Gasteiger partial charge in [-0.15, -0.1) is 0 Å². The number of amides is 2. The number of aliphatic imine (C=N–C) groups is 1. The van der Waals surface area contributed by atoms with E-state index >= 15 is 0 Å². The Morgan fingerprint density at radius 1 is 1.00 bits per heavy atom. The Hall–Kier alpha value is -3.98. The van der Waals surface area contributed by atoms with Crippen LogP contribution in [0, 0.1) is 10.1 Å². The van der Waals surface area contributed by atoms with Crippen molar-refractivity contribution in [2.75, 3.05) is 10.2 Å². The second-order valence-corrected chi connectivity index (χ2v) is 8.07. The minimum absolute atomic E-state index is 0.0579. The number of benzene rings is 3. The maximum Gasteiger partial charge on any atom is 0.269 e. The summed E-state index contributed by atoms with van der Waals surface area (Å²) in [6.07, 6.45) is -0.0579. The van der Waals surface area contributed by atoms with Crippen LogP contribution in [0.1, 0.15) is 6.42 Å². The quantitative estimate of drug-likeness (QED) is 0.434. The second-order valence-electron chi connectivity index (χ2n) is 6.90. The normalized spacial score (nSPS) is 16.9. The van der Waals surface area contributed by atoms with E-state index in [4.69, 9.17) is 0 Å². The van der Waals surface area contributed by atoms with Crippen molar-refractivity contribution in [1.29, 1.82) is 0 Å². The number of nitro groups is 1. The van der Waals surface area contributed by atoms with Gasteiger partial charge in [-0.1, -0.05) is 48.2 Å². The minimum Gasteiger partial charge on any atom is -0.326 e. The number of nitrogens with one attached hydrogen (secondary N) is 1. The lowest BCUT2D eigenvalue weighted by Gasteiger charge is -2.16. The monoisotopic (exact) mass is 446 g/mol. The summed E-state index contributed by atoms with van der Waals surface area (Å²) < 4.78 is 0. The number of thioether (sulfide) groups is 1. The zero-order valence-corrected chi connectivity index (χ0v) is 17.6. The van der Waals surface area contributed by atoms with Crippen molar-refractivity contribution in [3.63, 3.8) is 0 Å². The molecule has 0 radical (unpaired) electrons. The van der Waals surface area contributed by atoms with E-state index in [1.807, 2.05) is 60.7 Å². The van der Waals surface area contributed by atoms with Crippen molar-refractivity contribution in [1.82, 2.24) is 0 Å². The van der Waals surface area contributed by atoms with Gasteiger partial charge in [0.15, 0.2) is 5.17 Å². The van der Waals surface area contributed by atoms with E-state index in [9.17, 15) is 19.7 Å². The lowest BCUT2D eigenvalue weighted by molar-refractivity contribution is -0.384. The molecule has 160 valence electrons. The number of hydrogen-bond acceptors (Lipinski definition) is 6. The molecule has 0 aliphatic carbocycles. The molecule has 1 N–H and O–H groups in total. The molecule has 0 bridgehead atoms. The maximum atomic E-state index is 13.2. The Labute approximate surface area is 188 Å². The largest absolute Gasteiger partial charge is 0.326 e.